The minimum Gasteiger partial charge on any atom is -0.313 e. The number of thioether (sulfide) groups is 1. The normalized spacial score (nSPS) is 14.2. The van der Waals surface area contributed by atoms with Gasteiger partial charge in [0.2, 0.25) is 0 Å². The Labute approximate surface area is 133 Å². The van der Waals surface area contributed by atoms with E-state index in [0.29, 0.717) is 11.3 Å². The summed E-state index contributed by atoms with van der Waals surface area (Å²) in [6.07, 6.45) is 4.95. The molecule has 0 saturated heterocycles. The first-order chi connectivity index (χ1) is 9.71. The summed E-state index contributed by atoms with van der Waals surface area (Å²) in [5, 5.41) is 5.24. The van der Waals surface area contributed by atoms with Crippen molar-refractivity contribution in [2.45, 2.75) is 63.5 Å². The Morgan fingerprint density at radius 3 is 2.35 bits per heavy atom. The molecular weight excluding hydrogens is 286 g/mol. The molecule has 0 bridgehead atoms. The second-order valence-corrected chi connectivity index (χ2v) is 6.90. The van der Waals surface area contributed by atoms with Gasteiger partial charge < -0.3 is 5.32 Å². The lowest BCUT2D eigenvalue weighted by Gasteiger charge is -2.27. The van der Waals surface area contributed by atoms with Crippen LogP contribution in [0.2, 0.25) is 5.02 Å². The number of hydrogen-bond acceptors (Lipinski definition) is 2. The maximum absolute atomic E-state index is 5.93. The van der Waals surface area contributed by atoms with Crippen LogP contribution >= 0.6 is 23.4 Å². The van der Waals surface area contributed by atoms with E-state index in [1.807, 2.05) is 12.1 Å². The first-order valence-corrected chi connectivity index (χ1v) is 9.23. The molecule has 114 valence electrons. The van der Waals surface area contributed by atoms with Crippen molar-refractivity contribution in [2.75, 3.05) is 6.54 Å². The molecule has 0 amide bonds. The summed E-state index contributed by atoms with van der Waals surface area (Å²) in [5.41, 5.74) is 1.36. The van der Waals surface area contributed by atoms with Crippen LogP contribution in [0.4, 0.5) is 0 Å². The van der Waals surface area contributed by atoms with Crippen molar-refractivity contribution in [2.24, 2.45) is 0 Å². The summed E-state index contributed by atoms with van der Waals surface area (Å²) in [6.45, 7) is 7.94. The summed E-state index contributed by atoms with van der Waals surface area (Å²) in [4.78, 5) is 0. The van der Waals surface area contributed by atoms with Crippen LogP contribution < -0.4 is 5.32 Å². The molecule has 0 aliphatic rings. The van der Waals surface area contributed by atoms with Crippen LogP contribution in [-0.4, -0.2) is 17.8 Å². The molecule has 0 radical (unpaired) electrons. The molecule has 2 unspecified atom stereocenters. The predicted octanol–water partition coefficient (Wildman–Crippen LogP) is 5.52. The van der Waals surface area contributed by atoms with E-state index in [0.717, 1.165) is 17.3 Å². The fourth-order valence-electron chi connectivity index (χ4n) is 2.36. The van der Waals surface area contributed by atoms with Gasteiger partial charge in [-0.25, -0.2) is 0 Å². The lowest BCUT2D eigenvalue weighted by Crippen LogP contribution is -2.38. The molecule has 0 aromatic heterocycles. The Balaban J connectivity index is 2.52. The van der Waals surface area contributed by atoms with E-state index in [4.69, 9.17) is 11.6 Å². The Morgan fingerprint density at radius 2 is 1.80 bits per heavy atom. The Morgan fingerprint density at radius 1 is 1.10 bits per heavy atom. The van der Waals surface area contributed by atoms with Crippen LogP contribution in [0.25, 0.3) is 0 Å². The third kappa shape index (κ3) is 6.51. The Hall–Kier alpha value is -0.180. The van der Waals surface area contributed by atoms with Crippen LogP contribution in [0.3, 0.4) is 0 Å². The monoisotopic (exact) mass is 313 g/mol. The van der Waals surface area contributed by atoms with Crippen LogP contribution in [0.1, 0.15) is 52.0 Å². The van der Waals surface area contributed by atoms with E-state index >= 15 is 0 Å². The van der Waals surface area contributed by atoms with Gasteiger partial charge in [0.25, 0.3) is 0 Å². The van der Waals surface area contributed by atoms with Crippen LogP contribution in [-0.2, 0) is 5.75 Å². The minimum absolute atomic E-state index is 0.641. The first kappa shape index (κ1) is 17.9. The molecule has 1 N–H and O–H groups in total. The van der Waals surface area contributed by atoms with E-state index in [2.05, 4.69) is 50.0 Å². The van der Waals surface area contributed by atoms with Crippen molar-refractivity contribution in [3.63, 3.8) is 0 Å². The summed E-state index contributed by atoms with van der Waals surface area (Å²) in [7, 11) is 0. The fourth-order valence-corrected chi connectivity index (χ4v) is 3.79. The predicted molar refractivity (Wildman–Crippen MR) is 93.8 cm³/mol. The van der Waals surface area contributed by atoms with Crippen molar-refractivity contribution >= 4 is 23.4 Å². The molecule has 2 atom stereocenters. The van der Waals surface area contributed by atoms with Crippen molar-refractivity contribution in [1.29, 1.82) is 0 Å². The maximum Gasteiger partial charge on any atom is 0.0406 e. The molecular formula is C17H28ClNS. The number of halogens is 1. The molecule has 0 aliphatic carbocycles. The molecule has 1 nitrogen and oxygen atoms in total. The molecule has 0 saturated carbocycles. The molecule has 0 spiro atoms. The van der Waals surface area contributed by atoms with Gasteiger partial charge in [-0.2, -0.15) is 11.8 Å². The van der Waals surface area contributed by atoms with E-state index in [1.54, 1.807) is 0 Å². The average molecular weight is 314 g/mol. The van der Waals surface area contributed by atoms with Gasteiger partial charge in [0, 0.05) is 22.1 Å². The van der Waals surface area contributed by atoms with Crippen molar-refractivity contribution in [3.05, 3.63) is 34.9 Å². The second-order valence-electron chi connectivity index (χ2n) is 5.23. The summed E-state index contributed by atoms with van der Waals surface area (Å²) in [5.74, 6) is 1.07. The van der Waals surface area contributed by atoms with Crippen LogP contribution in [0.15, 0.2) is 24.3 Å². The number of hydrogen-bond donors (Lipinski definition) is 1. The standard InChI is InChI=1S/C17H28ClNS/c1-4-7-16(19-12-5-2)17(6-3)20-13-14-8-10-15(18)11-9-14/h8-11,16-17,19H,4-7,12-13H2,1-3H3. The van der Waals surface area contributed by atoms with Gasteiger partial charge in [0.1, 0.15) is 0 Å². The van der Waals surface area contributed by atoms with Crippen molar-refractivity contribution < 1.29 is 0 Å². The topological polar surface area (TPSA) is 12.0 Å². The molecule has 0 fully saturated rings. The highest BCUT2D eigenvalue weighted by molar-refractivity contribution is 7.99. The molecule has 1 aromatic carbocycles. The van der Waals surface area contributed by atoms with Crippen molar-refractivity contribution in [3.8, 4) is 0 Å². The minimum atomic E-state index is 0.641. The zero-order valence-electron chi connectivity index (χ0n) is 13.0. The quantitative estimate of drug-likeness (QED) is 0.610. The fraction of sp³-hybridized carbons (Fsp3) is 0.647. The van der Waals surface area contributed by atoms with Gasteiger partial charge in [-0.15, -0.1) is 0 Å². The first-order valence-electron chi connectivity index (χ1n) is 7.80. The van der Waals surface area contributed by atoms with E-state index < -0.39 is 0 Å². The number of nitrogens with one attached hydrogen (secondary N) is 1. The zero-order chi connectivity index (χ0) is 14.8. The third-order valence-corrected chi connectivity index (χ3v) is 5.33. The molecule has 20 heavy (non-hydrogen) atoms. The Bertz CT molecular complexity index is 353. The SMILES string of the molecule is CCCNC(CCC)C(CC)SCc1ccc(Cl)cc1. The van der Waals surface area contributed by atoms with Gasteiger partial charge in [-0.1, -0.05) is 50.9 Å². The number of rotatable bonds is 10. The van der Waals surface area contributed by atoms with E-state index in [-0.39, 0.29) is 0 Å². The summed E-state index contributed by atoms with van der Waals surface area (Å²) >= 11 is 8.01. The van der Waals surface area contributed by atoms with Gasteiger partial charge in [-0.05, 0) is 43.5 Å². The summed E-state index contributed by atoms with van der Waals surface area (Å²) < 4.78 is 0. The Kier molecular flexibility index (Phi) is 9.41. The summed E-state index contributed by atoms with van der Waals surface area (Å²) in [6, 6.07) is 8.88. The van der Waals surface area contributed by atoms with Gasteiger partial charge in [0.05, 0.1) is 0 Å². The van der Waals surface area contributed by atoms with E-state index in [9.17, 15) is 0 Å². The van der Waals surface area contributed by atoms with Crippen LogP contribution in [0.5, 0.6) is 0 Å². The maximum atomic E-state index is 5.93. The highest BCUT2D eigenvalue weighted by Gasteiger charge is 2.18. The van der Waals surface area contributed by atoms with Crippen molar-refractivity contribution in [1.82, 2.24) is 5.32 Å². The van der Waals surface area contributed by atoms with Crippen LogP contribution in [0, 0.1) is 0 Å². The van der Waals surface area contributed by atoms with Gasteiger partial charge in [-0.3, -0.25) is 0 Å². The third-order valence-electron chi connectivity index (χ3n) is 3.48. The highest BCUT2D eigenvalue weighted by atomic mass is 35.5. The molecule has 3 heteroatoms. The van der Waals surface area contributed by atoms with Gasteiger partial charge >= 0.3 is 0 Å². The highest BCUT2D eigenvalue weighted by Crippen LogP contribution is 2.25. The largest absolute Gasteiger partial charge is 0.313 e. The molecule has 1 aromatic rings. The lowest BCUT2D eigenvalue weighted by molar-refractivity contribution is 0.454. The smallest absolute Gasteiger partial charge is 0.0406 e. The number of benzene rings is 1. The molecule has 0 heterocycles. The second kappa shape index (κ2) is 10.5. The average Bonchev–Trinajstić information content (AvgIpc) is 2.47. The lowest BCUT2D eigenvalue weighted by atomic mass is 10.1. The molecule has 0 aliphatic heterocycles. The van der Waals surface area contributed by atoms with E-state index in [1.165, 1.54) is 31.2 Å². The van der Waals surface area contributed by atoms with Gasteiger partial charge in [0.15, 0.2) is 0 Å². The zero-order valence-corrected chi connectivity index (χ0v) is 14.6. The molecule has 1 rings (SSSR count).